The van der Waals surface area contributed by atoms with Crippen molar-refractivity contribution in [2.75, 3.05) is 0 Å². The third-order valence-electron chi connectivity index (χ3n) is 4.38. The van der Waals surface area contributed by atoms with Gasteiger partial charge in [-0.15, -0.1) is 0 Å². The highest BCUT2D eigenvalue weighted by Crippen LogP contribution is 2.39. The fourth-order valence-corrected chi connectivity index (χ4v) is 3.13. The van der Waals surface area contributed by atoms with Crippen LogP contribution in [-0.4, -0.2) is 25.5 Å². The summed E-state index contributed by atoms with van der Waals surface area (Å²) in [7, 11) is -1.94. The van der Waals surface area contributed by atoms with Gasteiger partial charge in [-0.25, -0.2) is 0 Å². The predicted molar refractivity (Wildman–Crippen MR) is 87.6 cm³/mol. The lowest BCUT2D eigenvalue weighted by molar-refractivity contribution is -0.144. The van der Waals surface area contributed by atoms with E-state index in [-0.39, 0.29) is 16.6 Å². The molecule has 0 saturated carbocycles. The zero-order chi connectivity index (χ0) is 16.4. The molecule has 0 fully saturated rings. The lowest BCUT2D eigenvalue weighted by Crippen LogP contribution is -2.46. The molecule has 3 nitrogen and oxygen atoms in total. The van der Waals surface area contributed by atoms with E-state index in [1.54, 1.807) is 6.92 Å². The summed E-state index contributed by atoms with van der Waals surface area (Å²) in [5.74, 6) is -1.21. The zero-order valence-corrected chi connectivity index (χ0v) is 15.8. The van der Waals surface area contributed by atoms with Crippen molar-refractivity contribution >= 4 is 14.3 Å². The number of aliphatic carboxylic acids is 1. The van der Waals surface area contributed by atoms with Crippen LogP contribution in [0, 0.1) is 11.3 Å². The van der Waals surface area contributed by atoms with Gasteiger partial charge in [-0.3, -0.25) is 4.79 Å². The molecule has 0 bridgehead atoms. The van der Waals surface area contributed by atoms with E-state index >= 15 is 0 Å². The Hall–Kier alpha value is -0.353. The fraction of sp³-hybridized carbons (Fsp3) is 0.938. The predicted octanol–water partition coefficient (Wildman–Crippen LogP) is 4.92. The summed E-state index contributed by atoms with van der Waals surface area (Å²) >= 11 is 0. The van der Waals surface area contributed by atoms with E-state index in [4.69, 9.17) is 4.43 Å². The molecule has 0 aromatic carbocycles. The van der Waals surface area contributed by atoms with Gasteiger partial charge in [0.25, 0.3) is 0 Å². The number of carboxylic acids is 1. The Labute approximate surface area is 126 Å². The molecule has 0 aliphatic rings. The van der Waals surface area contributed by atoms with Crippen molar-refractivity contribution in [3.8, 4) is 0 Å². The summed E-state index contributed by atoms with van der Waals surface area (Å²) in [4.78, 5) is 11.3. The lowest BCUT2D eigenvalue weighted by Gasteiger charge is -2.40. The average molecular weight is 303 g/mol. The first kappa shape index (κ1) is 19.6. The van der Waals surface area contributed by atoms with Gasteiger partial charge in [-0.1, -0.05) is 41.5 Å². The highest BCUT2D eigenvalue weighted by Gasteiger charge is 2.41. The molecule has 4 heteroatoms. The summed E-state index contributed by atoms with van der Waals surface area (Å²) < 4.78 is 6.38. The molecule has 0 unspecified atom stereocenters. The van der Waals surface area contributed by atoms with Crippen LogP contribution in [-0.2, 0) is 9.22 Å². The summed E-state index contributed by atoms with van der Waals surface area (Å²) in [6, 6.07) is 0. The van der Waals surface area contributed by atoms with E-state index in [1.807, 2.05) is 0 Å². The quantitative estimate of drug-likeness (QED) is 0.708. The monoisotopic (exact) mass is 302 g/mol. The first-order chi connectivity index (χ1) is 8.67. The van der Waals surface area contributed by atoms with Crippen molar-refractivity contribution in [1.82, 2.24) is 0 Å². The molecule has 20 heavy (non-hydrogen) atoms. The molecule has 0 aliphatic heterocycles. The summed E-state index contributed by atoms with van der Waals surface area (Å²) in [5, 5.41) is 9.42. The summed E-state index contributed by atoms with van der Waals surface area (Å²) in [6.45, 7) is 19.2. The molecule has 120 valence electrons. The van der Waals surface area contributed by atoms with Crippen LogP contribution in [0.3, 0.4) is 0 Å². The number of carboxylic acid groups (broad SMARTS) is 1. The molecule has 0 radical (unpaired) electrons. The van der Waals surface area contributed by atoms with Gasteiger partial charge in [0.1, 0.15) is 0 Å². The summed E-state index contributed by atoms with van der Waals surface area (Å²) in [6.07, 6.45) is 1.60. The van der Waals surface area contributed by atoms with E-state index < -0.39 is 20.2 Å². The standard InChI is InChI=1S/C16H34O3Si/c1-12(14(17)18)13(10-11-15(2,3)4)19-20(8,9)16(5,6)7/h12-13H,10-11H2,1-9H3,(H,17,18)/t12-,13+/m0/s1. The van der Waals surface area contributed by atoms with E-state index in [9.17, 15) is 9.90 Å². The van der Waals surface area contributed by atoms with E-state index in [0.29, 0.717) is 0 Å². The van der Waals surface area contributed by atoms with Crippen molar-refractivity contribution in [3.63, 3.8) is 0 Å². The molecular weight excluding hydrogens is 268 g/mol. The molecule has 1 N–H and O–H groups in total. The Morgan fingerprint density at radius 3 is 1.90 bits per heavy atom. The van der Waals surface area contributed by atoms with Crippen LogP contribution in [0.5, 0.6) is 0 Å². The lowest BCUT2D eigenvalue weighted by atomic mass is 9.87. The van der Waals surface area contributed by atoms with Gasteiger partial charge < -0.3 is 9.53 Å². The number of rotatable bonds is 6. The Kier molecular flexibility index (Phi) is 6.49. The first-order valence-electron chi connectivity index (χ1n) is 7.58. The summed E-state index contributed by atoms with van der Waals surface area (Å²) in [5.41, 5.74) is 0.202. The van der Waals surface area contributed by atoms with Gasteiger partial charge in [0.2, 0.25) is 0 Å². The van der Waals surface area contributed by atoms with Crippen LogP contribution in [0.2, 0.25) is 18.1 Å². The molecule has 0 spiro atoms. The SMILES string of the molecule is C[C@H](C(=O)O)[C@@H](CCC(C)(C)C)O[Si](C)(C)C(C)(C)C. The second-order valence-electron chi connectivity index (χ2n) is 8.64. The second-order valence-corrected chi connectivity index (χ2v) is 13.4. The normalized spacial score (nSPS) is 16.9. The molecule has 0 aromatic rings. The third-order valence-corrected chi connectivity index (χ3v) is 8.88. The maximum Gasteiger partial charge on any atom is 0.308 e. The van der Waals surface area contributed by atoms with Gasteiger partial charge in [0.05, 0.1) is 12.0 Å². The van der Waals surface area contributed by atoms with Crippen LogP contribution in [0.25, 0.3) is 0 Å². The van der Waals surface area contributed by atoms with E-state index in [1.165, 1.54) is 0 Å². The number of hydrogen-bond donors (Lipinski definition) is 1. The minimum atomic E-state index is -1.94. The van der Waals surface area contributed by atoms with Crippen LogP contribution in [0.4, 0.5) is 0 Å². The van der Waals surface area contributed by atoms with Gasteiger partial charge in [0, 0.05) is 0 Å². The Morgan fingerprint density at radius 1 is 1.15 bits per heavy atom. The van der Waals surface area contributed by atoms with Crippen molar-refractivity contribution in [2.45, 2.75) is 85.5 Å². The smallest absolute Gasteiger partial charge is 0.308 e. The molecular formula is C16H34O3Si. The largest absolute Gasteiger partial charge is 0.481 e. The van der Waals surface area contributed by atoms with Gasteiger partial charge >= 0.3 is 5.97 Å². The van der Waals surface area contributed by atoms with Gasteiger partial charge in [-0.05, 0) is 43.3 Å². The van der Waals surface area contributed by atoms with Crippen LogP contribution >= 0.6 is 0 Å². The Balaban J connectivity index is 5.01. The van der Waals surface area contributed by atoms with Crippen LogP contribution in [0.1, 0.15) is 61.3 Å². The molecule has 2 atom stereocenters. The Bertz CT molecular complexity index is 324. The fourth-order valence-electron chi connectivity index (χ4n) is 1.70. The van der Waals surface area contributed by atoms with E-state index in [2.05, 4.69) is 54.6 Å². The molecule has 0 heterocycles. The minimum Gasteiger partial charge on any atom is -0.481 e. The number of carbonyl (C=O) groups is 1. The molecule has 0 aromatic heterocycles. The van der Waals surface area contributed by atoms with Crippen LogP contribution < -0.4 is 0 Å². The van der Waals surface area contributed by atoms with Gasteiger partial charge in [0.15, 0.2) is 8.32 Å². The topological polar surface area (TPSA) is 46.5 Å². The molecule has 0 rings (SSSR count). The molecule has 0 amide bonds. The number of hydrogen-bond acceptors (Lipinski definition) is 2. The van der Waals surface area contributed by atoms with Crippen molar-refractivity contribution in [2.24, 2.45) is 11.3 Å². The van der Waals surface area contributed by atoms with Crippen LogP contribution in [0.15, 0.2) is 0 Å². The van der Waals surface area contributed by atoms with Gasteiger partial charge in [-0.2, -0.15) is 0 Å². The Morgan fingerprint density at radius 2 is 1.60 bits per heavy atom. The molecule has 0 aliphatic carbocycles. The van der Waals surface area contributed by atoms with Crippen molar-refractivity contribution in [3.05, 3.63) is 0 Å². The first-order valence-corrected chi connectivity index (χ1v) is 10.5. The van der Waals surface area contributed by atoms with E-state index in [0.717, 1.165) is 12.8 Å². The highest BCUT2D eigenvalue weighted by molar-refractivity contribution is 6.74. The maximum atomic E-state index is 11.3. The highest BCUT2D eigenvalue weighted by atomic mass is 28.4. The average Bonchev–Trinajstić information content (AvgIpc) is 2.19. The zero-order valence-electron chi connectivity index (χ0n) is 14.8. The van der Waals surface area contributed by atoms with Crippen molar-refractivity contribution < 1.29 is 14.3 Å². The third kappa shape index (κ3) is 6.40. The minimum absolute atomic E-state index is 0.102. The molecule has 0 saturated heterocycles. The second kappa shape index (κ2) is 6.61. The maximum absolute atomic E-state index is 11.3. The van der Waals surface area contributed by atoms with Crippen molar-refractivity contribution in [1.29, 1.82) is 0 Å².